The van der Waals surface area contributed by atoms with Gasteiger partial charge in [-0.2, -0.15) is 0 Å². The molecule has 0 unspecified atom stereocenters. The Morgan fingerprint density at radius 1 is 0.472 bits per heavy atom. The predicted octanol–water partition coefficient (Wildman–Crippen LogP) is 8.56. The zero-order valence-electron chi connectivity index (χ0n) is 22.3. The van der Waals surface area contributed by atoms with Crippen LogP contribution in [0.15, 0.2) is 94.9 Å². The fraction of sp³-hybridized carbons (Fsp3) is 0.235. The summed E-state index contributed by atoms with van der Waals surface area (Å²) in [6, 6.07) is 29.7. The molecule has 4 aromatic rings. The van der Waals surface area contributed by atoms with E-state index in [9.17, 15) is 0 Å². The zero-order valence-corrected chi connectivity index (χ0v) is 22.3. The highest BCUT2D eigenvalue weighted by Gasteiger charge is 2.23. The van der Waals surface area contributed by atoms with Crippen LogP contribution in [0.3, 0.4) is 0 Å². The maximum absolute atomic E-state index is 5.22. The number of rotatable bonds is 7. The molecule has 0 bridgehead atoms. The minimum absolute atomic E-state index is 0.156. The molecule has 0 N–H and O–H groups in total. The molecule has 2 heteroatoms. The highest BCUT2D eigenvalue weighted by atomic mass is 14.9. The van der Waals surface area contributed by atoms with Crippen molar-refractivity contribution in [2.45, 2.75) is 53.6 Å². The first-order valence-corrected chi connectivity index (χ1v) is 12.7. The minimum Gasteiger partial charge on any atom is -0.282 e. The maximum atomic E-state index is 5.22. The van der Waals surface area contributed by atoms with Gasteiger partial charge in [-0.3, -0.25) is 9.98 Å². The highest BCUT2D eigenvalue weighted by molar-refractivity contribution is 5.85. The van der Waals surface area contributed by atoms with Gasteiger partial charge in [0.05, 0.1) is 0 Å². The Labute approximate surface area is 216 Å². The predicted molar refractivity (Wildman–Crippen MR) is 155 cm³/mol. The Bertz CT molecular complexity index is 1230. The lowest BCUT2D eigenvalue weighted by atomic mass is 9.93. The second kappa shape index (κ2) is 11.3. The molecular formula is C34H36N2. The highest BCUT2D eigenvalue weighted by Crippen LogP contribution is 2.36. The van der Waals surface area contributed by atoms with Crippen LogP contribution in [-0.4, -0.2) is 12.4 Å². The molecule has 182 valence electrons. The van der Waals surface area contributed by atoms with Crippen molar-refractivity contribution in [2.75, 3.05) is 0 Å². The Balaban J connectivity index is 1.84. The monoisotopic (exact) mass is 472 g/mol. The van der Waals surface area contributed by atoms with E-state index in [4.69, 9.17) is 9.98 Å². The molecule has 2 nitrogen and oxygen atoms in total. The maximum Gasteiger partial charge on any atom is 0.101 e. The van der Waals surface area contributed by atoms with Gasteiger partial charge in [0.2, 0.25) is 0 Å². The van der Waals surface area contributed by atoms with E-state index in [2.05, 4.69) is 139 Å². The van der Waals surface area contributed by atoms with Gasteiger partial charge in [0, 0.05) is 12.4 Å². The number of hydrogen-bond donors (Lipinski definition) is 0. The van der Waals surface area contributed by atoms with Crippen LogP contribution >= 0.6 is 0 Å². The molecule has 0 saturated carbocycles. The minimum atomic E-state index is -0.156. The molecule has 0 saturated heterocycles. The van der Waals surface area contributed by atoms with Crippen molar-refractivity contribution in [3.63, 3.8) is 0 Å². The molecule has 4 aromatic carbocycles. The summed E-state index contributed by atoms with van der Waals surface area (Å²) in [5.41, 5.74) is 12.2. The van der Waals surface area contributed by atoms with Gasteiger partial charge in [-0.05, 0) is 86.1 Å². The van der Waals surface area contributed by atoms with Crippen LogP contribution in [0.4, 0.5) is 0 Å². The fourth-order valence-electron chi connectivity index (χ4n) is 5.10. The van der Waals surface area contributed by atoms with Gasteiger partial charge in [0.1, 0.15) is 12.1 Å². The third-order valence-electron chi connectivity index (χ3n) is 6.79. The molecule has 2 atom stereocenters. The largest absolute Gasteiger partial charge is 0.282 e. The van der Waals surface area contributed by atoms with Gasteiger partial charge < -0.3 is 0 Å². The molecule has 0 aliphatic carbocycles. The summed E-state index contributed by atoms with van der Waals surface area (Å²) >= 11 is 0. The summed E-state index contributed by atoms with van der Waals surface area (Å²) in [7, 11) is 0. The van der Waals surface area contributed by atoms with Crippen LogP contribution in [0, 0.1) is 41.5 Å². The van der Waals surface area contributed by atoms with E-state index in [1.54, 1.807) is 0 Å². The quantitative estimate of drug-likeness (QED) is 0.241. The third kappa shape index (κ3) is 5.88. The van der Waals surface area contributed by atoms with Crippen molar-refractivity contribution in [3.05, 3.63) is 141 Å². The first-order valence-electron chi connectivity index (χ1n) is 12.7. The summed E-state index contributed by atoms with van der Waals surface area (Å²) in [6.07, 6.45) is 4.10. The first-order chi connectivity index (χ1) is 17.3. The fourth-order valence-corrected chi connectivity index (χ4v) is 5.10. The Hall–Kier alpha value is -3.78. The number of hydrogen-bond acceptors (Lipinski definition) is 2. The van der Waals surface area contributed by atoms with Crippen LogP contribution in [0.1, 0.15) is 67.7 Å². The van der Waals surface area contributed by atoms with Crippen molar-refractivity contribution in [2.24, 2.45) is 9.98 Å². The van der Waals surface area contributed by atoms with Crippen LogP contribution < -0.4 is 0 Å². The van der Waals surface area contributed by atoms with Gasteiger partial charge in [-0.15, -0.1) is 0 Å². The topological polar surface area (TPSA) is 24.7 Å². The van der Waals surface area contributed by atoms with Gasteiger partial charge in [0.15, 0.2) is 0 Å². The molecule has 0 amide bonds. The molecule has 0 radical (unpaired) electrons. The Kier molecular flexibility index (Phi) is 7.95. The second-order valence-corrected chi connectivity index (χ2v) is 9.89. The van der Waals surface area contributed by atoms with E-state index >= 15 is 0 Å². The lowest BCUT2D eigenvalue weighted by Gasteiger charge is -2.22. The normalized spacial score (nSPS) is 13.4. The molecule has 0 aromatic heterocycles. The van der Waals surface area contributed by atoms with Gasteiger partial charge in [-0.25, -0.2) is 0 Å². The van der Waals surface area contributed by atoms with Crippen molar-refractivity contribution < 1.29 is 0 Å². The summed E-state index contributed by atoms with van der Waals surface area (Å²) in [5, 5.41) is 0. The Morgan fingerprint density at radius 3 is 1.08 bits per heavy atom. The molecule has 4 rings (SSSR count). The Morgan fingerprint density at radius 2 is 0.778 bits per heavy atom. The average Bonchev–Trinajstić information content (AvgIpc) is 2.84. The number of aryl methyl sites for hydroxylation is 6. The molecule has 0 heterocycles. The van der Waals surface area contributed by atoms with E-state index in [1.165, 1.54) is 44.5 Å². The van der Waals surface area contributed by atoms with Gasteiger partial charge in [0.25, 0.3) is 0 Å². The van der Waals surface area contributed by atoms with Crippen molar-refractivity contribution in [1.82, 2.24) is 0 Å². The zero-order chi connectivity index (χ0) is 25.7. The summed E-state index contributed by atoms with van der Waals surface area (Å²) in [6.45, 7) is 12.9. The second-order valence-electron chi connectivity index (χ2n) is 9.89. The van der Waals surface area contributed by atoms with Gasteiger partial charge in [-0.1, -0.05) is 96.1 Å². The lowest BCUT2D eigenvalue weighted by molar-refractivity contribution is 0.583. The summed E-state index contributed by atoms with van der Waals surface area (Å²) in [5.74, 6) is 0. The van der Waals surface area contributed by atoms with E-state index in [0.717, 1.165) is 11.1 Å². The van der Waals surface area contributed by atoms with Crippen molar-refractivity contribution in [3.8, 4) is 0 Å². The van der Waals surface area contributed by atoms with Crippen molar-refractivity contribution >= 4 is 12.4 Å². The molecule has 0 aliphatic heterocycles. The number of nitrogens with zero attached hydrogens (tertiary/aromatic N) is 2. The molecule has 0 spiro atoms. The molecule has 0 aliphatic rings. The van der Waals surface area contributed by atoms with Crippen LogP contribution in [0.25, 0.3) is 0 Å². The summed E-state index contributed by atoms with van der Waals surface area (Å²) < 4.78 is 0. The lowest BCUT2D eigenvalue weighted by Crippen LogP contribution is -2.10. The first kappa shape index (κ1) is 25.3. The molecule has 0 fully saturated rings. The van der Waals surface area contributed by atoms with Crippen LogP contribution in [0.5, 0.6) is 0 Å². The SMILES string of the molecule is Cc1cc(C)c(C=N[C@@H](c2ccccc2)[C@@H](N=Cc2c(C)cc(C)cc2C)c2ccccc2)c(C)c1. The van der Waals surface area contributed by atoms with E-state index in [-0.39, 0.29) is 12.1 Å². The average molecular weight is 473 g/mol. The number of benzene rings is 4. The van der Waals surface area contributed by atoms with E-state index in [1.807, 2.05) is 0 Å². The number of aliphatic imine (C=N–C) groups is 2. The smallest absolute Gasteiger partial charge is 0.101 e. The molecular weight excluding hydrogens is 436 g/mol. The molecule has 36 heavy (non-hydrogen) atoms. The van der Waals surface area contributed by atoms with Gasteiger partial charge >= 0.3 is 0 Å². The summed E-state index contributed by atoms with van der Waals surface area (Å²) in [4.78, 5) is 10.4. The van der Waals surface area contributed by atoms with Crippen molar-refractivity contribution in [1.29, 1.82) is 0 Å². The van der Waals surface area contributed by atoms with E-state index in [0.29, 0.717) is 0 Å². The third-order valence-corrected chi connectivity index (χ3v) is 6.79. The standard InChI is InChI=1S/C34H36N2/c1-23-17-25(3)31(26(4)18-23)21-35-33(29-13-9-7-10-14-29)34(30-15-11-8-12-16-30)36-22-32-27(5)19-24(2)20-28(32)6/h7-22,33-34H,1-6H3/t33-,34-/m0/s1. The van der Waals surface area contributed by atoms with E-state index < -0.39 is 0 Å². The van der Waals surface area contributed by atoms with Crippen LogP contribution in [0.2, 0.25) is 0 Å². The van der Waals surface area contributed by atoms with Crippen LogP contribution in [-0.2, 0) is 0 Å².